The first kappa shape index (κ1) is 12.3. The third-order valence-electron chi connectivity index (χ3n) is 2.94. The Labute approximate surface area is 102 Å². The van der Waals surface area contributed by atoms with Gasteiger partial charge in [0.05, 0.1) is 18.3 Å². The minimum atomic E-state index is -1.13. The lowest BCUT2D eigenvalue weighted by Crippen LogP contribution is -2.25. The fourth-order valence-electron chi connectivity index (χ4n) is 2.05. The quantitative estimate of drug-likeness (QED) is 0.881. The summed E-state index contributed by atoms with van der Waals surface area (Å²) < 4.78 is 19.6. The molecule has 0 aliphatic carbocycles. The van der Waals surface area contributed by atoms with Gasteiger partial charge in [0.1, 0.15) is 12.8 Å². The molecular formula is C10H12ClFN2O3. The highest BCUT2D eigenvalue weighted by Gasteiger charge is 2.31. The number of nitrogens with zero attached hydrogens (tertiary/aromatic N) is 2. The summed E-state index contributed by atoms with van der Waals surface area (Å²) in [5.74, 6) is -1.13. The zero-order chi connectivity index (χ0) is 12.6. The summed E-state index contributed by atoms with van der Waals surface area (Å²) in [5.41, 5.74) is 0.413. The number of carboxylic acid groups (broad SMARTS) is 1. The number of imidazole rings is 1. The molecule has 1 aromatic heterocycles. The molecule has 0 fully saturated rings. The van der Waals surface area contributed by atoms with E-state index in [4.69, 9.17) is 21.4 Å². The second-order valence-corrected chi connectivity index (χ2v) is 4.24. The van der Waals surface area contributed by atoms with Crippen molar-refractivity contribution in [3.63, 3.8) is 0 Å². The predicted octanol–water partition coefficient (Wildman–Crippen LogP) is 1.71. The van der Waals surface area contributed by atoms with E-state index in [9.17, 15) is 9.18 Å². The number of ether oxygens (including phenoxy) is 1. The molecule has 17 heavy (non-hydrogen) atoms. The molecule has 0 bridgehead atoms. The Kier molecular flexibility index (Phi) is 3.35. The van der Waals surface area contributed by atoms with Gasteiger partial charge < -0.3 is 14.4 Å². The maximum Gasteiger partial charge on any atom is 0.356 e. The lowest BCUT2D eigenvalue weighted by molar-refractivity contribution is 0.0168. The zero-order valence-electron chi connectivity index (χ0n) is 9.19. The van der Waals surface area contributed by atoms with Crippen LogP contribution in [0.4, 0.5) is 4.39 Å². The molecule has 94 valence electrons. The van der Waals surface area contributed by atoms with E-state index in [2.05, 4.69) is 4.98 Å². The summed E-state index contributed by atoms with van der Waals surface area (Å²) in [4.78, 5) is 14.8. The van der Waals surface area contributed by atoms with Gasteiger partial charge in [-0.2, -0.15) is 0 Å². The first-order valence-electron chi connectivity index (χ1n) is 5.23. The molecule has 0 radical (unpaired) electrons. The molecule has 0 aromatic carbocycles. The van der Waals surface area contributed by atoms with Gasteiger partial charge in [0.15, 0.2) is 5.69 Å². The molecule has 1 aliphatic rings. The number of aromatic carboxylic acids is 1. The van der Waals surface area contributed by atoms with Crippen molar-refractivity contribution in [2.75, 3.05) is 13.3 Å². The molecule has 1 aliphatic heterocycles. The van der Waals surface area contributed by atoms with Crippen molar-refractivity contribution < 1.29 is 19.0 Å². The molecule has 2 rings (SSSR count). The van der Waals surface area contributed by atoms with E-state index in [1.54, 1.807) is 11.5 Å². The molecule has 2 atom stereocenters. The number of hydrogen-bond acceptors (Lipinski definition) is 3. The van der Waals surface area contributed by atoms with Crippen molar-refractivity contribution in [3.8, 4) is 0 Å². The average Bonchev–Trinajstić information content (AvgIpc) is 2.51. The van der Waals surface area contributed by atoms with E-state index in [1.165, 1.54) is 0 Å². The second kappa shape index (κ2) is 4.62. The Hall–Kier alpha value is -1.14. The molecular weight excluding hydrogens is 251 g/mol. The van der Waals surface area contributed by atoms with Gasteiger partial charge in [-0.05, 0) is 18.5 Å². The van der Waals surface area contributed by atoms with Gasteiger partial charge >= 0.3 is 5.97 Å². The first-order chi connectivity index (χ1) is 8.06. The SMILES string of the molecule is C[C@H]1C(CF)OCCc2c(C(=O)O)nc(Cl)n21. The van der Waals surface area contributed by atoms with E-state index >= 15 is 0 Å². The first-order valence-corrected chi connectivity index (χ1v) is 5.61. The number of aromatic nitrogens is 2. The van der Waals surface area contributed by atoms with Crippen LogP contribution in [0.5, 0.6) is 0 Å². The Morgan fingerprint density at radius 2 is 2.47 bits per heavy atom. The highest BCUT2D eigenvalue weighted by Crippen LogP contribution is 2.28. The second-order valence-electron chi connectivity index (χ2n) is 3.91. The van der Waals surface area contributed by atoms with Gasteiger partial charge in [-0.15, -0.1) is 0 Å². The van der Waals surface area contributed by atoms with E-state index in [1.807, 2.05) is 0 Å². The summed E-state index contributed by atoms with van der Waals surface area (Å²) in [7, 11) is 0. The average molecular weight is 263 g/mol. The normalized spacial score (nSPS) is 24.2. The third-order valence-corrected chi connectivity index (χ3v) is 3.20. The van der Waals surface area contributed by atoms with Crippen LogP contribution in [0, 0.1) is 0 Å². The maximum atomic E-state index is 12.8. The van der Waals surface area contributed by atoms with E-state index in [0.717, 1.165) is 0 Å². The van der Waals surface area contributed by atoms with Crippen molar-refractivity contribution in [1.82, 2.24) is 9.55 Å². The molecule has 2 heterocycles. The predicted molar refractivity (Wildman–Crippen MR) is 58.3 cm³/mol. The molecule has 5 nitrogen and oxygen atoms in total. The van der Waals surface area contributed by atoms with Crippen LogP contribution in [0.25, 0.3) is 0 Å². The largest absolute Gasteiger partial charge is 0.476 e. The number of hydrogen-bond donors (Lipinski definition) is 1. The monoisotopic (exact) mass is 262 g/mol. The molecule has 1 aromatic rings. The van der Waals surface area contributed by atoms with Crippen LogP contribution < -0.4 is 0 Å². The van der Waals surface area contributed by atoms with Gasteiger partial charge in [-0.3, -0.25) is 0 Å². The number of carbonyl (C=O) groups is 1. The molecule has 0 saturated heterocycles. The van der Waals surface area contributed by atoms with Crippen LogP contribution in [-0.2, 0) is 11.2 Å². The van der Waals surface area contributed by atoms with Crippen LogP contribution in [0.15, 0.2) is 0 Å². The van der Waals surface area contributed by atoms with E-state index in [0.29, 0.717) is 12.1 Å². The van der Waals surface area contributed by atoms with E-state index in [-0.39, 0.29) is 23.6 Å². The highest BCUT2D eigenvalue weighted by atomic mass is 35.5. The summed E-state index contributed by atoms with van der Waals surface area (Å²) >= 11 is 5.91. The standard InChI is InChI=1S/C10H12ClFN2O3/c1-5-7(4-12)17-3-2-6-8(9(15)16)13-10(11)14(5)6/h5,7H,2-4H2,1H3,(H,15,16)/t5-,7?/m0/s1. The summed E-state index contributed by atoms with van der Waals surface area (Å²) in [6.45, 7) is 1.36. The molecule has 0 amide bonds. The lowest BCUT2D eigenvalue weighted by atomic mass is 10.2. The number of rotatable bonds is 2. The van der Waals surface area contributed by atoms with Gasteiger partial charge in [0.2, 0.25) is 5.28 Å². The zero-order valence-corrected chi connectivity index (χ0v) is 9.95. The van der Waals surface area contributed by atoms with Crippen LogP contribution in [0.1, 0.15) is 29.1 Å². The number of carboxylic acids is 1. The summed E-state index contributed by atoms with van der Waals surface area (Å²) in [5, 5.41) is 9.07. The van der Waals surface area contributed by atoms with Crippen molar-refractivity contribution in [2.24, 2.45) is 0 Å². The van der Waals surface area contributed by atoms with Crippen molar-refractivity contribution >= 4 is 17.6 Å². The van der Waals surface area contributed by atoms with Crippen molar-refractivity contribution in [3.05, 3.63) is 16.7 Å². The lowest BCUT2D eigenvalue weighted by Gasteiger charge is -2.21. The molecule has 1 unspecified atom stereocenters. The number of fused-ring (bicyclic) bond motifs is 1. The topological polar surface area (TPSA) is 64.3 Å². The van der Waals surface area contributed by atoms with Crippen LogP contribution in [0.3, 0.4) is 0 Å². The third kappa shape index (κ3) is 2.02. The van der Waals surface area contributed by atoms with Gasteiger partial charge in [0.25, 0.3) is 0 Å². The van der Waals surface area contributed by atoms with Crippen molar-refractivity contribution in [2.45, 2.75) is 25.5 Å². The van der Waals surface area contributed by atoms with Crippen molar-refractivity contribution in [1.29, 1.82) is 0 Å². The Balaban J connectivity index is 2.51. The minimum Gasteiger partial charge on any atom is -0.476 e. The maximum absolute atomic E-state index is 12.8. The molecule has 0 spiro atoms. The number of alkyl halides is 1. The fourth-order valence-corrected chi connectivity index (χ4v) is 2.39. The van der Waals surface area contributed by atoms with Crippen LogP contribution in [0.2, 0.25) is 5.28 Å². The Bertz CT molecular complexity index is 449. The summed E-state index contributed by atoms with van der Waals surface area (Å²) in [6.07, 6.45) is -0.257. The van der Waals surface area contributed by atoms with Gasteiger partial charge in [-0.1, -0.05) is 0 Å². The van der Waals surface area contributed by atoms with Crippen LogP contribution >= 0.6 is 11.6 Å². The smallest absolute Gasteiger partial charge is 0.356 e. The van der Waals surface area contributed by atoms with Gasteiger partial charge in [0, 0.05) is 6.42 Å². The Morgan fingerprint density at radius 3 is 3.06 bits per heavy atom. The minimum absolute atomic E-state index is 0.0638. The molecule has 7 heteroatoms. The highest BCUT2D eigenvalue weighted by molar-refractivity contribution is 6.28. The molecule has 1 N–H and O–H groups in total. The van der Waals surface area contributed by atoms with Crippen LogP contribution in [-0.4, -0.2) is 40.0 Å². The van der Waals surface area contributed by atoms with E-state index < -0.39 is 18.7 Å². The summed E-state index contributed by atoms with van der Waals surface area (Å²) in [6, 6.07) is -0.370. The fraction of sp³-hybridized carbons (Fsp3) is 0.600. The Morgan fingerprint density at radius 1 is 1.76 bits per heavy atom. The number of halogens is 2. The van der Waals surface area contributed by atoms with Gasteiger partial charge in [-0.25, -0.2) is 14.2 Å². The molecule has 0 saturated carbocycles.